The number of hydrogen-bond acceptors (Lipinski definition) is 4. The molecular weight excluding hydrogens is 485 g/mol. The largest absolute Gasteiger partial charge is 0.488 e. The molecule has 0 aliphatic rings. The van der Waals surface area contributed by atoms with E-state index in [4.69, 9.17) is 9.72 Å². The molecule has 0 fully saturated rings. The first-order valence-electron chi connectivity index (χ1n) is 10.7. The third kappa shape index (κ3) is 5.03. The van der Waals surface area contributed by atoms with Gasteiger partial charge in [0.1, 0.15) is 24.0 Å². The van der Waals surface area contributed by atoms with E-state index < -0.39 is 0 Å². The van der Waals surface area contributed by atoms with Crippen LogP contribution in [0.4, 0.5) is 4.39 Å². The minimum absolute atomic E-state index is 0.0375. The molecule has 0 saturated carbocycles. The molecule has 168 valence electrons. The average molecular weight is 508 g/mol. The molecule has 33 heavy (non-hydrogen) atoms. The quantitative estimate of drug-likeness (QED) is 0.277. The lowest BCUT2D eigenvalue weighted by atomic mass is 10.1. The zero-order chi connectivity index (χ0) is 23.4. The second-order valence-electron chi connectivity index (χ2n) is 7.72. The smallest absolute Gasteiger partial charge is 0.282 e. The summed E-state index contributed by atoms with van der Waals surface area (Å²) in [6.07, 6.45) is 2.39. The van der Waals surface area contributed by atoms with Crippen molar-refractivity contribution >= 4 is 33.0 Å². The summed E-state index contributed by atoms with van der Waals surface area (Å²) in [4.78, 5) is 18.0. The van der Waals surface area contributed by atoms with E-state index in [0.29, 0.717) is 33.6 Å². The minimum Gasteiger partial charge on any atom is -0.488 e. The van der Waals surface area contributed by atoms with Crippen LogP contribution in [0.5, 0.6) is 5.75 Å². The number of para-hydroxylation sites is 1. The van der Waals surface area contributed by atoms with E-state index in [-0.39, 0.29) is 23.9 Å². The van der Waals surface area contributed by atoms with Crippen LogP contribution < -0.4 is 10.3 Å². The van der Waals surface area contributed by atoms with Gasteiger partial charge in [-0.25, -0.2) is 9.37 Å². The summed E-state index contributed by atoms with van der Waals surface area (Å²) in [6.45, 7) is 4.15. The van der Waals surface area contributed by atoms with E-state index in [1.165, 1.54) is 10.7 Å². The van der Waals surface area contributed by atoms with Gasteiger partial charge in [-0.05, 0) is 42.8 Å². The van der Waals surface area contributed by atoms with Crippen molar-refractivity contribution in [2.45, 2.75) is 32.8 Å². The first-order chi connectivity index (χ1) is 16.0. The van der Waals surface area contributed by atoms with Crippen LogP contribution in [0.1, 0.15) is 43.1 Å². The molecule has 4 rings (SSSR count). The Kier molecular flexibility index (Phi) is 6.99. The zero-order valence-corrected chi connectivity index (χ0v) is 19.9. The van der Waals surface area contributed by atoms with Crippen LogP contribution in [0.15, 0.2) is 81.1 Å². The minimum atomic E-state index is -0.318. The maximum Gasteiger partial charge on any atom is 0.282 e. The molecule has 0 spiro atoms. The van der Waals surface area contributed by atoms with Gasteiger partial charge in [-0.1, -0.05) is 60.1 Å². The van der Waals surface area contributed by atoms with E-state index in [2.05, 4.69) is 21.0 Å². The van der Waals surface area contributed by atoms with Gasteiger partial charge in [0, 0.05) is 21.5 Å². The van der Waals surface area contributed by atoms with Gasteiger partial charge in [-0.15, -0.1) is 0 Å². The Balaban J connectivity index is 1.72. The van der Waals surface area contributed by atoms with E-state index in [1.807, 2.05) is 44.2 Å². The second-order valence-corrected chi connectivity index (χ2v) is 8.64. The number of halogens is 2. The highest BCUT2D eigenvalue weighted by Crippen LogP contribution is 2.22. The number of nitrogens with zero attached hydrogens (tertiary/aromatic N) is 3. The van der Waals surface area contributed by atoms with Crippen LogP contribution in [0.2, 0.25) is 0 Å². The Bertz CT molecular complexity index is 1380. The fourth-order valence-electron chi connectivity index (χ4n) is 3.39. The third-order valence-electron chi connectivity index (χ3n) is 5.46. The van der Waals surface area contributed by atoms with E-state index in [1.54, 1.807) is 36.5 Å². The Hall–Kier alpha value is -3.32. The summed E-state index contributed by atoms with van der Waals surface area (Å²) in [7, 11) is 0. The molecule has 0 aliphatic carbocycles. The molecular formula is C26H23BrFN3O2. The number of benzene rings is 3. The highest BCUT2D eigenvalue weighted by molar-refractivity contribution is 9.10. The van der Waals surface area contributed by atoms with E-state index in [9.17, 15) is 9.18 Å². The first kappa shape index (κ1) is 22.9. The van der Waals surface area contributed by atoms with Crippen molar-refractivity contribution in [2.24, 2.45) is 5.10 Å². The van der Waals surface area contributed by atoms with Crippen LogP contribution in [0.25, 0.3) is 10.9 Å². The van der Waals surface area contributed by atoms with Crippen LogP contribution in [0.3, 0.4) is 0 Å². The van der Waals surface area contributed by atoms with Gasteiger partial charge in [0.15, 0.2) is 0 Å². The molecule has 1 aromatic heterocycles. The lowest BCUT2D eigenvalue weighted by molar-refractivity contribution is 0.299. The number of fused-ring (bicyclic) bond motifs is 1. The summed E-state index contributed by atoms with van der Waals surface area (Å²) in [5.41, 5.74) is 1.53. The standard InChI is InChI=1S/C26H23BrFN3O2/c1-3-17(2)25-30-23-13-12-20(27)14-21(23)26(32)31(25)29-15-18-8-5-7-11-24(18)33-16-19-9-4-6-10-22(19)28/h4-15,17H,3,16H2,1-2H3/t17-/m0/s1. The highest BCUT2D eigenvalue weighted by atomic mass is 79.9. The Labute approximate surface area is 199 Å². The molecule has 1 heterocycles. The fraction of sp³-hybridized carbons (Fsp3) is 0.192. The topological polar surface area (TPSA) is 56.5 Å². The van der Waals surface area contributed by atoms with Gasteiger partial charge in [-0.2, -0.15) is 9.78 Å². The predicted octanol–water partition coefficient (Wildman–Crippen LogP) is 6.27. The maximum absolute atomic E-state index is 14.0. The lowest BCUT2D eigenvalue weighted by Crippen LogP contribution is -2.23. The number of rotatable bonds is 7. The van der Waals surface area contributed by atoms with Gasteiger partial charge in [-0.3, -0.25) is 4.79 Å². The summed E-state index contributed by atoms with van der Waals surface area (Å²) in [6, 6.07) is 19.2. The van der Waals surface area contributed by atoms with Gasteiger partial charge in [0.05, 0.1) is 17.1 Å². The Morgan fingerprint density at radius 2 is 1.91 bits per heavy atom. The molecule has 3 aromatic carbocycles. The molecule has 0 N–H and O–H groups in total. The van der Waals surface area contributed by atoms with Crippen molar-refractivity contribution < 1.29 is 9.13 Å². The molecule has 1 atom stereocenters. The van der Waals surface area contributed by atoms with Crippen molar-refractivity contribution in [3.8, 4) is 5.75 Å². The van der Waals surface area contributed by atoms with Gasteiger partial charge in [0.2, 0.25) is 0 Å². The molecule has 0 unspecified atom stereocenters. The third-order valence-corrected chi connectivity index (χ3v) is 5.95. The van der Waals surface area contributed by atoms with Gasteiger partial charge < -0.3 is 4.74 Å². The first-order valence-corrected chi connectivity index (χ1v) is 11.5. The number of aromatic nitrogens is 2. The molecule has 5 nitrogen and oxygen atoms in total. The van der Waals surface area contributed by atoms with Crippen LogP contribution in [-0.2, 0) is 6.61 Å². The average Bonchev–Trinajstić information content (AvgIpc) is 2.83. The van der Waals surface area contributed by atoms with Crippen molar-refractivity contribution in [2.75, 3.05) is 0 Å². The number of ether oxygens (including phenoxy) is 1. The highest BCUT2D eigenvalue weighted by Gasteiger charge is 2.16. The molecule has 7 heteroatoms. The van der Waals surface area contributed by atoms with Gasteiger partial charge >= 0.3 is 0 Å². The SMILES string of the molecule is CC[C@H](C)c1nc2ccc(Br)cc2c(=O)n1N=Cc1ccccc1OCc1ccccc1F. The molecule has 0 amide bonds. The van der Waals surface area contributed by atoms with Crippen LogP contribution >= 0.6 is 15.9 Å². The van der Waals surface area contributed by atoms with Gasteiger partial charge in [0.25, 0.3) is 5.56 Å². The van der Waals surface area contributed by atoms with Crippen LogP contribution in [-0.4, -0.2) is 15.9 Å². The van der Waals surface area contributed by atoms with Crippen molar-refractivity contribution in [3.05, 3.63) is 104 Å². The van der Waals surface area contributed by atoms with Crippen molar-refractivity contribution in [1.29, 1.82) is 0 Å². The normalized spacial score (nSPS) is 12.4. The molecule has 0 aliphatic heterocycles. The summed E-state index contributed by atoms with van der Waals surface area (Å²) in [5.74, 6) is 0.856. The number of hydrogen-bond donors (Lipinski definition) is 0. The maximum atomic E-state index is 14.0. The zero-order valence-electron chi connectivity index (χ0n) is 18.3. The summed E-state index contributed by atoms with van der Waals surface area (Å²) in [5, 5.41) is 4.99. The van der Waals surface area contributed by atoms with E-state index in [0.717, 1.165) is 10.9 Å². The molecule has 4 aromatic rings. The van der Waals surface area contributed by atoms with Crippen molar-refractivity contribution in [1.82, 2.24) is 9.66 Å². The van der Waals surface area contributed by atoms with E-state index >= 15 is 0 Å². The monoisotopic (exact) mass is 507 g/mol. The van der Waals surface area contributed by atoms with Crippen molar-refractivity contribution in [3.63, 3.8) is 0 Å². The molecule has 0 bridgehead atoms. The Morgan fingerprint density at radius 3 is 2.70 bits per heavy atom. The summed E-state index contributed by atoms with van der Waals surface area (Å²) < 4.78 is 22.0. The lowest BCUT2D eigenvalue weighted by Gasteiger charge is -2.14. The summed E-state index contributed by atoms with van der Waals surface area (Å²) >= 11 is 3.42. The van der Waals surface area contributed by atoms with Crippen LogP contribution in [0, 0.1) is 5.82 Å². The second kappa shape index (κ2) is 10.1. The fourth-order valence-corrected chi connectivity index (χ4v) is 3.75. The Morgan fingerprint density at radius 1 is 1.15 bits per heavy atom. The predicted molar refractivity (Wildman–Crippen MR) is 133 cm³/mol. The molecule has 0 radical (unpaired) electrons. The molecule has 0 saturated heterocycles.